The van der Waals surface area contributed by atoms with E-state index in [2.05, 4.69) is 18.3 Å². The van der Waals surface area contributed by atoms with E-state index in [1.165, 1.54) is 43.2 Å². The summed E-state index contributed by atoms with van der Waals surface area (Å²) in [5, 5.41) is 22.3. The number of aliphatic carboxylic acids is 1. The fourth-order valence-corrected chi connectivity index (χ4v) is 6.42. The summed E-state index contributed by atoms with van der Waals surface area (Å²) in [4.78, 5) is 10.7. The minimum absolute atomic E-state index is 0.258. The summed E-state index contributed by atoms with van der Waals surface area (Å²) in [5.41, 5.74) is 3.19. The number of carbonyl (C=O) groups is 1. The van der Waals surface area contributed by atoms with Crippen LogP contribution in [0.2, 0.25) is 0 Å². The van der Waals surface area contributed by atoms with Crippen LogP contribution >= 0.6 is 0 Å². The summed E-state index contributed by atoms with van der Waals surface area (Å²) in [5.74, 6) is 1.88. The van der Waals surface area contributed by atoms with Crippen LogP contribution in [-0.2, 0) is 11.2 Å². The number of carboxylic acid groups (broad SMARTS) is 1. The maximum atomic E-state index is 10.7. The number of benzene rings is 1. The van der Waals surface area contributed by atoms with Crippen molar-refractivity contribution in [2.45, 2.75) is 70.3 Å². The summed E-state index contributed by atoms with van der Waals surface area (Å²) in [6.07, 6.45) is 8.31. The number of aromatic hydroxyl groups is 1. The molecular weight excluding hydrogens is 326 g/mol. The van der Waals surface area contributed by atoms with Gasteiger partial charge in [0.2, 0.25) is 0 Å². The van der Waals surface area contributed by atoms with Gasteiger partial charge in [-0.1, -0.05) is 13.0 Å². The van der Waals surface area contributed by atoms with Crippen LogP contribution in [0.4, 0.5) is 0 Å². The Labute approximate surface area is 156 Å². The van der Waals surface area contributed by atoms with Crippen molar-refractivity contribution in [3.63, 3.8) is 0 Å². The Balaban J connectivity index is 1.46. The van der Waals surface area contributed by atoms with Crippen LogP contribution in [0.15, 0.2) is 18.2 Å². The molecule has 0 radical (unpaired) electrons. The zero-order valence-electron chi connectivity index (χ0n) is 15.7. The Morgan fingerprint density at radius 3 is 2.92 bits per heavy atom. The summed E-state index contributed by atoms with van der Waals surface area (Å²) in [6, 6.07) is 6.53. The molecule has 5 atom stereocenters. The number of aryl methyl sites for hydroxylation is 1. The first-order valence-electron chi connectivity index (χ1n) is 10.3. The first-order valence-corrected chi connectivity index (χ1v) is 10.3. The van der Waals surface area contributed by atoms with E-state index >= 15 is 0 Å². The minimum atomic E-state index is -0.699. The van der Waals surface area contributed by atoms with Gasteiger partial charge in [-0.3, -0.25) is 4.79 Å². The molecule has 3 aliphatic rings. The van der Waals surface area contributed by atoms with Gasteiger partial charge in [-0.15, -0.1) is 0 Å². The highest BCUT2D eigenvalue weighted by atomic mass is 16.4. The predicted octanol–water partition coefficient (Wildman–Crippen LogP) is 4.07. The van der Waals surface area contributed by atoms with Crippen molar-refractivity contribution in [1.29, 1.82) is 0 Å². The van der Waals surface area contributed by atoms with Gasteiger partial charge < -0.3 is 15.5 Å². The Morgan fingerprint density at radius 1 is 1.27 bits per heavy atom. The molecule has 1 aromatic carbocycles. The third kappa shape index (κ3) is 3.02. The highest BCUT2D eigenvalue weighted by molar-refractivity contribution is 5.66. The first-order chi connectivity index (χ1) is 12.5. The van der Waals surface area contributed by atoms with Crippen molar-refractivity contribution in [2.75, 3.05) is 6.54 Å². The summed E-state index contributed by atoms with van der Waals surface area (Å²) in [7, 11) is 0. The van der Waals surface area contributed by atoms with E-state index in [0.717, 1.165) is 31.2 Å². The molecule has 0 amide bonds. The Bertz CT molecular complexity index is 688. The van der Waals surface area contributed by atoms with Crippen LogP contribution in [-0.4, -0.2) is 28.8 Å². The molecule has 0 heterocycles. The maximum Gasteiger partial charge on any atom is 0.303 e. The van der Waals surface area contributed by atoms with Gasteiger partial charge in [0.15, 0.2) is 0 Å². The van der Waals surface area contributed by atoms with Gasteiger partial charge in [-0.25, -0.2) is 0 Å². The van der Waals surface area contributed by atoms with Gasteiger partial charge >= 0.3 is 5.97 Å². The number of phenolic OH excluding ortho intramolecular Hbond substituents is 1. The van der Waals surface area contributed by atoms with Gasteiger partial charge in [0.05, 0.1) is 0 Å². The highest BCUT2D eigenvalue weighted by Crippen LogP contribution is 2.60. The average Bonchev–Trinajstić information content (AvgIpc) is 2.94. The molecule has 0 bridgehead atoms. The molecule has 4 rings (SSSR count). The monoisotopic (exact) mass is 357 g/mol. The first kappa shape index (κ1) is 17.8. The van der Waals surface area contributed by atoms with Crippen LogP contribution in [0.25, 0.3) is 0 Å². The van der Waals surface area contributed by atoms with Gasteiger partial charge in [0, 0.05) is 12.5 Å². The van der Waals surface area contributed by atoms with E-state index in [0.29, 0.717) is 23.1 Å². The quantitative estimate of drug-likeness (QED) is 0.695. The van der Waals surface area contributed by atoms with Crippen molar-refractivity contribution in [2.24, 2.45) is 17.3 Å². The molecule has 0 spiro atoms. The summed E-state index contributed by atoms with van der Waals surface area (Å²) >= 11 is 0. The molecule has 0 aliphatic heterocycles. The van der Waals surface area contributed by atoms with Crippen LogP contribution in [0.1, 0.15) is 68.9 Å². The highest BCUT2D eigenvalue weighted by Gasteiger charge is 2.54. The molecule has 4 heteroatoms. The average molecular weight is 357 g/mol. The molecule has 1 aromatic rings. The zero-order valence-corrected chi connectivity index (χ0v) is 15.7. The van der Waals surface area contributed by atoms with E-state index in [9.17, 15) is 9.90 Å². The Kier molecular flexibility index (Phi) is 4.72. The lowest BCUT2D eigenvalue weighted by atomic mass is 9.55. The minimum Gasteiger partial charge on any atom is -0.508 e. The second-order valence-electron chi connectivity index (χ2n) is 8.92. The fraction of sp³-hybridized carbons (Fsp3) is 0.682. The van der Waals surface area contributed by atoms with Crippen molar-refractivity contribution in [1.82, 2.24) is 5.32 Å². The van der Waals surface area contributed by atoms with Gasteiger partial charge in [0.1, 0.15) is 5.75 Å². The number of phenols is 1. The fourth-order valence-electron chi connectivity index (χ4n) is 6.42. The summed E-state index contributed by atoms with van der Waals surface area (Å²) in [6.45, 7) is 3.29. The number of fused-ring (bicyclic) bond motifs is 5. The molecule has 26 heavy (non-hydrogen) atoms. The Hall–Kier alpha value is -1.55. The van der Waals surface area contributed by atoms with Crippen molar-refractivity contribution >= 4 is 5.97 Å². The molecule has 2 fully saturated rings. The molecule has 142 valence electrons. The lowest BCUT2D eigenvalue weighted by molar-refractivity contribution is -0.137. The van der Waals surface area contributed by atoms with Crippen molar-refractivity contribution in [3.8, 4) is 5.75 Å². The zero-order chi connectivity index (χ0) is 18.3. The predicted molar refractivity (Wildman–Crippen MR) is 101 cm³/mol. The van der Waals surface area contributed by atoms with Crippen LogP contribution < -0.4 is 5.32 Å². The third-order valence-corrected chi connectivity index (χ3v) is 7.67. The van der Waals surface area contributed by atoms with Crippen molar-refractivity contribution in [3.05, 3.63) is 29.3 Å². The second kappa shape index (κ2) is 6.88. The van der Waals surface area contributed by atoms with Crippen LogP contribution in [0.5, 0.6) is 5.75 Å². The number of carboxylic acids is 1. The molecule has 0 saturated heterocycles. The van der Waals surface area contributed by atoms with E-state index < -0.39 is 5.97 Å². The lowest BCUT2D eigenvalue weighted by Crippen LogP contribution is -2.48. The second-order valence-corrected chi connectivity index (χ2v) is 8.92. The standard InChI is InChI=1S/C22H31NO3/c1-22-11-10-17-16-7-5-15(24)13-14(16)4-6-18(17)19(22)8-9-20(22)23-12-2-3-21(25)26/h5,7,13,17-20,23-24H,2-4,6,8-12H2,1H3,(H,25,26). The lowest BCUT2D eigenvalue weighted by Gasteiger charge is -2.51. The number of hydrogen-bond acceptors (Lipinski definition) is 3. The molecule has 0 aromatic heterocycles. The van der Waals surface area contributed by atoms with Gasteiger partial charge in [-0.05, 0) is 97.9 Å². The Morgan fingerprint density at radius 2 is 2.12 bits per heavy atom. The number of rotatable bonds is 5. The largest absolute Gasteiger partial charge is 0.508 e. The van der Waals surface area contributed by atoms with Gasteiger partial charge in [-0.2, -0.15) is 0 Å². The third-order valence-electron chi connectivity index (χ3n) is 7.67. The molecule has 3 aliphatic carbocycles. The summed E-state index contributed by atoms with van der Waals surface area (Å²) < 4.78 is 0. The van der Waals surface area contributed by atoms with Crippen LogP contribution in [0, 0.1) is 17.3 Å². The van der Waals surface area contributed by atoms with E-state index in [1.54, 1.807) is 0 Å². The van der Waals surface area contributed by atoms with Gasteiger partial charge in [0.25, 0.3) is 0 Å². The number of hydrogen-bond donors (Lipinski definition) is 3. The number of nitrogens with one attached hydrogen (secondary N) is 1. The topological polar surface area (TPSA) is 69.6 Å². The maximum absolute atomic E-state index is 10.7. The molecule has 2 saturated carbocycles. The van der Waals surface area contributed by atoms with E-state index in [4.69, 9.17) is 5.11 Å². The molecular formula is C22H31NO3. The molecule has 4 nitrogen and oxygen atoms in total. The SMILES string of the molecule is CC12CCC3c4ccc(O)cc4CCC3C1CCC2NCCCC(=O)O. The van der Waals surface area contributed by atoms with Crippen LogP contribution in [0.3, 0.4) is 0 Å². The molecule has 3 N–H and O–H groups in total. The van der Waals surface area contributed by atoms with Crippen molar-refractivity contribution < 1.29 is 15.0 Å². The van der Waals surface area contributed by atoms with E-state index in [-0.39, 0.29) is 6.42 Å². The van der Waals surface area contributed by atoms with E-state index in [1.807, 2.05) is 12.1 Å². The normalized spacial score (nSPS) is 35.4. The molecule has 5 unspecified atom stereocenters. The smallest absolute Gasteiger partial charge is 0.303 e.